The highest BCUT2D eigenvalue weighted by Crippen LogP contribution is 2.28. The lowest BCUT2D eigenvalue weighted by atomic mass is 9.87. The number of nitrogens with zero attached hydrogens (tertiary/aromatic N) is 1. The highest BCUT2D eigenvalue weighted by Gasteiger charge is 2.30. The van der Waals surface area contributed by atoms with Crippen LogP contribution in [0.15, 0.2) is 0 Å². The first kappa shape index (κ1) is 14.8. The molecule has 2 aliphatic rings. The van der Waals surface area contributed by atoms with E-state index in [1.165, 1.54) is 20.0 Å². The van der Waals surface area contributed by atoms with Gasteiger partial charge >= 0.3 is 5.97 Å². The summed E-state index contributed by atoms with van der Waals surface area (Å²) in [5.74, 6) is -0.0686. The van der Waals surface area contributed by atoms with Gasteiger partial charge in [-0.1, -0.05) is 0 Å². The van der Waals surface area contributed by atoms with E-state index >= 15 is 0 Å². The molecule has 1 aliphatic carbocycles. The van der Waals surface area contributed by atoms with Crippen LogP contribution < -0.4 is 0 Å². The standard InChI is InChI=1S/C14H25NO4/c1-18-14(17)11-4-6-12(7-5-11)19-13(10-16)15-8-2-3-9-15/h11-13,16H,2-10H2,1H3. The van der Waals surface area contributed by atoms with Crippen molar-refractivity contribution in [2.24, 2.45) is 5.92 Å². The Kier molecular flexibility index (Phi) is 5.60. The molecule has 5 nitrogen and oxygen atoms in total. The molecule has 5 heteroatoms. The Hall–Kier alpha value is -0.650. The number of aliphatic hydroxyl groups is 1. The molecule has 2 fully saturated rings. The summed E-state index contributed by atoms with van der Waals surface area (Å²) in [6, 6.07) is 0. The second kappa shape index (κ2) is 7.22. The van der Waals surface area contributed by atoms with Crippen LogP contribution in [0.2, 0.25) is 0 Å². The molecule has 0 spiro atoms. The van der Waals surface area contributed by atoms with Crippen molar-refractivity contribution in [2.45, 2.75) is 50.9 Å². The summed E-state index contributed by atoms with van der Waals surface area (Å²) in [6.45, 7) is 2.09. The Morgan fingerprint density at radius 3 is 2.42 bits per heavy atom. The van der Waals surface area contributed by atoms with Gasteiger partial charge in [-0.05, 0) is 38.5 Å². The van der Waals surface area contributed by atoms with E-state index < -0.39 is 0 Å². The number of methoxy groups -OCH3 is 1. The molecule has 1 heterocycles. The third-order valence-electron chi connectivity index (χ3n) is 4.26. The van der Waals surface area contributed by atoms with E-state index in [0.717, 1.165) is 38.8 Å². The largest absolute Gasteiger partial charge is 0.469 e. The van der Waals surface area contributed by atoms with Gasteiger partial charge in [0, 0.05) is 13.1 Å². The van der Waals surface area contributed by atoms with Crippen LogP contribution in [0, 0.1) is 5.92 Å². The van der Waals surface area contributed by atoms with Crippen molar-refractivity contribution in [3.63, 3.8) is 0 Å². The highest BCUT2D eigenvalue weighted by molar-refractivity contribution is 5.72. The van der Waals surface area contributed by atoms with Crippen LogP contribution in [-0.2, 0) is 14.3 Å². The molecule has 1 atom stereocenters. The number of likely N-dealkylation sites (tertiary alicyclic amines) is 1. The molecule has 0 amide bonds. The molecule has 0 aromatic heterocycles. The minimum Gasteiger partial charge on any atom is -0.469 e. The van der Waals surface area contributed by atoms with Crippen molar-refractivity contribution in [3.8, 4) is 0 Å². The highest BCUT2D eigenvalue weighted by atomic mass is 16.5. The van der Waals surface area contributed by atoms with Crippen molar-refractivity contribution in [2.75, 3.05) is 26.8 Å². The summed E-state index contributed by atoms with van der Waals surface area (Å²) in [6.07, 6.45) is 5.80. The number of hydrogen-bond donors (Lipinski definition) is 1. The van der Waals surface area contributed by atoms with Gasteiger partial charge in [0.05, 0.1) is 25.7 Å². The summed E-state index contributed by atoms with van der Waals surface area (Å²) < 4.78 is 10.8. The molecule has 2 rings (SSSR count). The maximum absolute atomic E-state index is 11.4. The lowest BCUT2D eigenvalue weighted by Gasteiger charge is -2.33. The summed E-state index contributed by atoms with van der Waals surface area (Å²) in [5.41, 5.74) is 0. The topological polar surface area (TPSA) is 59.0 Å². The fourth-order valence-corrected chi connectivity index (χ4v) is 3.10. The van der Waals surface area contributed by atoms with Crippen LogP contribution in [0.4, 0.5) is 0 Å². The number of rotatable bonds is 5. The number of carbonyl (C=O) groups excluding carboxylic acids is 1. The minimum atomic E-state index is -0.165. The first-order valence-corrected chi connectivity index (χ1v) is 7.32. The molecule has 1 N–H and O–H groups in total. The Morgan fingerprint density at radius 2 is 1.89 bits per heavy atom. The van der Waals surface area contributed by atoms with Crippen LogP contribution >= 0.6 is 0 Å². The zero-order chi connectivity index (χ0) is 13.7. The van der Waals surface area contributed by atoms with E-state index in [4.69, 9.17) is 9.47 Å². The van der Waals surface area contributed by atoms with E-state index in [0.29, 0.717) is 0 Å². The summed E-state index contributed by atoms with van der Waals surface area (Å²) in [4.78, 5) is 13.7. The molecule has 0 bridgehead atoms. The van der Waals surface area contributed by atoms with Crippen molar-refractivity contribution in [3.05, 3.63) is 0 Å². The quantitative estimate of drug-likeness (QED) is 0.760. The fraction of sp³-hybridized carbons (Fsp3) is 0.929. The first-order chi connectivity index (χ1) is 9.24. The van der Waals surface area contributed by atoms with Crippen LogP contribution in [0.25, 0.3) is 0 Å². The molecular weight excluding hydrogens is 246 g/mol. The maximum atomic E-state index is 11.4. The van der Waals surface area contributed by atoms with Gasteiger partial charge in [-0.25, -0.2) is 0 Å². The minimum absolute atomic E-state index is 0.0317. The normalized spacial score (nSPS) is 30.2. The van der Waals surface area contributed by atoms with Gasteiger partial charge in [0.1, 0.15) is 6.23 Å². The van der Waals surface area contributed by atoms with Gasteiger partial charge < -0.3 is 14.6 Å². The van der Waals surface area contributed by atoms with Gasteiger partial charge in [0.15, 0.2) is 0 Å². The van der Waals surface area contributed by atoms with E-state index in [-0.39, 0.29) is 30.8 Å². The SMILES string of the molecule is COC(=O)C1CCC(OC(CO)N2CCCC2)CC1. The second-order valence-corrected chi connectivity index (χ2v) is 5.51. The average Bonchev–Trinajstić information content (AvgIpc) is 2.98. The molecule has 1 saturated carbocycles. The van der Waals surface area contributed by atoms with Crippen LogP contribution in [0.3, 0.4) is 0 Å². The van der Waals surface area contributed by atoms with Crippen molar-refractivity contribution >= 4 is 5.97 Å². The zero-order valence-corrected chi connectivity index (χ0v) is 11.7. The van der Waals surface area contributed by atoms with Gasteiger partial charge in [0.2, 0.25) is 0 Å². The number of esters is 1. The predicted octanol–water partition coefficient (Wildman–Crippen LogP) is 1.15. The summed E-state index contributed by atoms with van der Waals surface area (Å²) in [7, 11) is 1.44. The van der Waals surface area contributed by atoms with Gasteiger partial charge in [0.25, 0.3) is 0 Å². The molecule has 110 valence electrons. The second-order valence-electron chi connectivity index (χ2n) is 5.51. The zero-order valence-electron chi connectivity index (χ0n) is 11.7. The van der Waals surface area contributed by atoms with Gasteiger partial charge in [-0.15, -0.1) is 0 Å². The Labute approximate surface area is 114 Å². The Balaban J connectivity index is 1.76. The fourth-order valence-electron chi connectivity index (χ4n) is 3.10. The molecule has 0 aromatic rings. The monoisotopic (exact) mass is 271 g/mol. The van der Waals surface area contributed by atoms with E-state index in [9.17, 15) is 9.90 Å². The molecule has 0 aromatic carbocycles. The lowest BCUT2D eigenvalue weighted by Crippen LogP contribution is -2.41. The number of aliphatic hydroxyl groups excluding tert-OH is 1. The third-order valence-corrected chi connectivity index (χ3v) is 4.26. The van der Waals surface area contributed by atoms with Crippen LogP contribution in [0.5, 0.6) is 0 Å². The summed E-state index contributed by atoms with van der Waals surface area (Å²) in [5, 5.41) is 9.45. The third kappa shape index (κ3) is 3.91. The van der Waals surface area contributed by atoms with Gasteiger partial charge in [-0.3, -0.25) is 9.69 Å². The van der Waals surface area contributed by atoms with E-state index in [1.807, 2.05) is 0 Å². The van der Waals surface area contributed by atoms with E-state index in [2.05, 4.69) is 4.90 Å². The van der Waals surface area contributed by atoms with E-state index in [1.54, 1.807) is 0 Å². The molecular formula is C14H25NO4. The Morgan fingerprint density at radius 1 is 1.26 bits per heavy atom. The Bertz CT molecular complexity index is 283. The molecule has 1 aliphatic heterocycles. The lowest BCUT2D eigenvalue weighted by molar-refractivity contribution is -0.151. The van der Waals surface area contributed by atoms with Gasteiger partial charge in [-0.2, -0.15) is 0 Å². The summed E-state index contributed by atoms with van der Waals surface area (Å²) >= 11 is 0. The molecule has 0 radical (unpaired) electrons. The van der Waals surface area contributed by atoms with Crippen molar-refractivity contribution in [1.82, 2.24) is 4.90 Å². The predicted molar refractivity (Wildman–Crippen MR) is 70.5 cm³/mol. The number of ether oxygens (including phenoxy) is 2. The number of carbonyl (C=O) groups is 1. The molecule has 1 unspecified atom stereocenters. The molecule has 1 saturated heterocycles. The van der Waals surface area contributed by atoms with Crippen LogP contribution in [0.1, 0.15) is 38.5 Å². The van der Waals surface area contributed by atoms with Crippen molar-refractivity contribution in [1.29, 1.82) is 0 Å². The first-order valence-electron chi connectivity index (χ1n) is 7.32. The van der Waals surface area contributed by atoms with Crippen molar-refractivity contribution < 1.29 is 19.4 Å². The average molecular weight is 271 g/mol. The number of hydrogen-bond acceptors (Lipinski definition) is 5. The maximum Gasteiger partial charge on any atom is 0.308 e. The van der Waals surface area contributed by atoms with Crippen LogP contribution in [-0.4, -0.2) is 55.1 Å². The molecule has 19 heavy (non-hydrogen) atoms. The smallest absolute Gasteiger partial charge is 0.308 e.